The molecule has 0 bridgehead atoms. The Balaban J connectivity index is 1.84. The standard InChI is InChI=1S/C20H12F5N3O2/c1-30-10-6-4-9(5-7-10)28-19(17-11(20(28)29)3-2-8-26-17)27-18-15(24)13(22)12(21)14(23)16(18)25/h2-8,19,27H,1H3/t19-/m1/s1. The molecule has 1 aliphatic rings. The number of rotatable bonds is 4. The highest BCUT2D eigenvalue weighted by atomic mass is 19.2. The van der Waals surface area contributed by atoms with E-state index >= 15 is 0 Å². The van der Waals surface area contributed by atoms with Crippen molar-refractivity contribution >= 4 is 17.3 Å². The molecule has 0 aliphatic carbocycles. The second kappa shape index (κ2) is 7.29. The van der Waals surface area contributed by atoms with Gasteiger partial charge in [-0.1, -0.05) is 0 Å². The van der Waals surface area contributed by atoms with E-state index in [1.807, 2.05) is 0 Å². The smallest absolute Gasteiger partial charge is 0.262 e. The molecule has 2 aromatic carbocycles. The number of methoxy groups -OCH3 is 1. The lowest BCUT2D eigenvalue weighted by Gasteiger charge is -2.27. The van der Waals surface area contributed by atoms with Gasteiger partial charge in [-0.3, -0.25) is 14.7 Å². The minimum atomic E-state index is -2.27. The van der Waals surface area contributed by atoms with Crippen LogP contribution in [0.4, 0.5) is 33.3 Å². The molecule has 30 heavy (non-hydrogen) atoms. The molecule has 3 aromatic rings. The summed E-state index contributed by atoms with van der Waals surface area (Å²) in [5, 5.41) is 2.26. The van der Waals surface area contributed by atoms with E-state index < -0.39 is 46.8 Å². The van der Waals surface area contributed by atoms with Gasteiger partial charge in [-0.2, -0.15) is 0 Å². The third-order valence-corrected chi connectivity index (χ3v) is 4.65. The van der Waals surface area contributed by atoms with Gasteiger partial charge in [0.2, 0.25) is 5.82 Å². The van der Waals surface area contributed by atoms with Gasteiger partial charge < -0.3 is 10.1 Å². The highest BCUT2D eigenvalue weighted by Gasteiger charge is 2.40. The largest absolute Gasteiger partial charge is 0.497 e. The first kappa shape index (κ1) is 19.6. The van der Waals surface area contributed by atoms with E-state index in [1.165, 1.54) is 37.6 Å². The van der Waals surface area contributed by atoms with Gasteiger partial charge in [0.1, 0.15) is 11.4 Å². The molecule has 0 saturated heterocycles. The summed E-state index contributed by atoms with van der Waals surface area (Å²) in [6, 6.07) is 9.06. The molecule has 5 nitrogen and oxygen atoms in total. The topological polar surface area (TPSA) is 54.5 Å². The van der Waals surface area contributed by atoms with Gasteiger partial charge in [-0.05, 0) is 36.4 Å². The predicted octanol–water partition coefficient (Wildman–Crippen LogP) is 4.56. The first-order chi connectivity index (χ1) is 14.3. The molecule has 0 radical (unpaired) electrons. The molecule has 1 aromatic heterocycles. The van der Waals surface area contributed by atoms with Crippen molar-refractivity contribution in [3.63, 3.8) is 0 Å². The van der Waals surface area contributed by atoms with Crippen LogP contribution in [0.15, 0.2) is 42.6 Å². The summed E-state index contributed by atoms with van der Waals surface area (Å²) in [5.74, 6) is -10.6. The molecular formula is C20H12F5N3O2. The molecular weight excluding hydrogens is 409 g/mol. The zero-order chi connectivity index (χ0) is 21.6. The van der Waals surface area contributed by atoms with Crippen LogP contribution in [-0.4, -0.2) is 18.0 Å². The van der Waals surface area contributed by atoms with E-state index in [0.717, 1.165) is 4.90 Å². The number of carbonyl (C=O) groups excluding carboxylic acids is 1. The average molecular weight is 421 g/mol. The number of carbonyl (C=O) groups is 1. The van der Waals surface area contributed by atoms with Crippen LogP contribution in [0.2, 0.25) is 0 Å². The Labute approximate surface area is 166 Å². The van der Waals surface area contributed by atoms with Gasteiger partial charge in [0.15, 0.2) is 29.4 Å². The Hall–Kier alpha value is -3.69. The van der Waals surface area contributed by atoms with Crippen LogP contribution in [0.5, 0.6) is 5.75 Å². The van der Waals surface area contributed by atoms with E-state index in [1.54, 1.807) is 12.1 Å². The lowest BCUT2D eigenvalue weighted by Crippen LogP contribution is -2.33. The van der Waals surface area contributed by atoms with E-state index in [2.05, 4.69) is 10.3 Å². The predicted molar refractivity (Wildman–Crippen MR) is 96.6 cm³/mol. The molecule has 0 spiro atoms. The van der Waals surface area contributed by atoms with Crippen molar-refractivity contribution in [1.82, 2.24) is 4.98 Å². The highest BCUT2D eigenvalue weighted by Crippen LogP contribution is 2.39. The van der Waals surface area contributed by atoms with Gasteiger partial charge >= 0.3 is 0 Å². The zero-order valence-electron chi connectivity index (χ0n) is 15.2. The Kier molecular flexibility index (Phi) is 4.76. The summed E-state index contributed by atoms with van der Waals surface area (Å²) in [5.41, 5.74) is -0.779. The van der Waals surface area contributed by atoms with Crippen LogP contribution in [0.3, 0.4) is 0 Å². The Morgan fingerprint density at radius 1 is 0.933 bits per heavy atom. The van der Waals surface area contributed by atoms with E-state index in [0.29, 0.717) is 11.4 Å². The van der Waals surface area contributed by atoms with E-state index in [-0.39, 0.29) is 11.3 Å². The van der Waals surface area contributed by atoms with Crippen molar-refractivity contribution in [3.05, 3.63) is 82.9 Å². The lowest BCUT2D eigenvalue weighted by molar-refractivity contribution is 0.0993. The second-order valence-electron chi connectivity index (χ2n) is 6.30. The minimum Gasteiger partial charge on any atom is -0.497 e. The van der Waals surface area contributed by atoms with Crippen LogP contribution >= 0.6 is 0 Å². The monoisotopic (exact) mass is 421 g/mol. The van der Waals surface area contributed by atoms with Crippen molar-refractivity contribution in [3.8, 4) is 5.75 Å². The number of fused-ring (bicyclic) bond motifs is 1. The van der Waals surface area contributed by atoms with E-state index in [9.17, 15) is 26.7 Å². The maximum Gasteiger partial charge on any atom is 0.262 e. The third kappa shape index (κ3) is 2.92. The first-order valence-corrected chi connectivity index (χ1v) is 8.55. The number of ether oxygens (including phenoxy) is 1. The van der Waals surface area contributed by atoms with Gasteiger partial charge in [-0.15, -0.1) is 0 Å². The second-order valence-corrected chi connectivity index (χ2v) is 6.30. The quantitative estimate of drug-likeness (QED) is 0.381. The van der Waals surface area contributed by atoms with Gasteiger partial charge in [-0.25, -0.2) is 22.0 Å². The summed E-state index contributed by atoms with van der Waals surface area (Å²) in [4.78, 5) is 18.1. The van der Waals surface area contributed by atoms with Crippen molar-refractivity contribution < 1.29 is 31.5 Å². The summed E-state index contributed by atoms with van der Waals surface area (Å²) in [7, 11) is 1.45. The lowest BCUT2D eigenvalue weighted by atomic mass is 10.2. The minimum absolute atomic E-state index is 0.0715. The summed E-state index contributed by atoms with van der Waals surface area (Å²) >= 11 is 0. The number of pyridine rings is 1. The summed E-state index contributed by atoms with van der Waals surface area (Å²) < 4.78 is 74.2. The fraction of sp³-hybridized carbons (Fsp3) is 0.100. The Morgan fingerprint density at radius 3 is 2.13 bits per heavy atom. The third-order valence-electron chi connectivity index (χ3n) is 4.65. The van der Waals surface area contributed by atoms with Crippen LogP contribution < -0.4 is 15.0 Å². The summed E-state index contributed by atoms with van der Waals surface area (Å²) in [6.45, 7) is 0. The zero-order valence-corrected chi connectivity index (χ0v) is 15.2. The van der Waals surface area contributed by atoms with Gasteiger partial charge in [0.05, 0.1) is 18.4 Å². The number of anilines is 2. The fourth-order valence-electron chi connectivity index (χ4n) is 3.20. The number of nitrogens with one attached hydrogen (secondary N) is 1. The number of hydrogen-bond donors (Lipinski definition) is 1. The van der Waals surface area contributed by atoms with Crippen molar-refractivity contribution in [1.29, 1.82) is 0 Å². The summed E-state index contributed by atoms with van der Waals surface area (Å²) in [6.07, 6.45) is 0.0204. The SMILES string of the molecule is COc1ccc(N2C(=O)c3cccnc3[C@@H]2Nc2c(F)c(F)c(F)c(F)c2F)cc1. The van der Waals surface area contributed by atoms with E-state index in [4.69, 9.17) is 4.74 Å². The first-order valence-electron chi connectivity index (χ1n) is 8.55. The molecule has 10 heteroatoms. The molecule has 0 fully saturated rings. The molecule has 154 valence electrons. The highest BCUT2D eigenvalue weighted by molar-refractivity contribution is 6.11. The molecule has 1 N–H and O–H groups in total. The number of halogens is 5. The Bertz CT molecular complexity index is 1120. The normalized spacial score (nSPS) is 15.3. The average Bonchev–Trinajstić information content (AvgIpc) is 3.05. The van der Waals surface area contributed by atoms with Crippen LogP contribution in [0.1, 0.15) is 22.2 Å². The van der Waals surface area contributed by atoms with Crippen LogP contribution in [-0.2, 0) is 0 Å². The molecule has 0 unspecified atom stereocenters. The maximum atomic E-state index is 14.2. The molecule has 4 rings (SSSR count). The Morgan fingerprint density at radius 2 is 1.53 bits per heavy atom. The maximum absolute atomic E-state index is 14.2. The van der Waals surface area contributed by atoms with Crippen LogP contribution in [0, 0.1) is 29.1 Å². The van der Waals surface area contributed by atoms with Crippen molar-refractivity contribution in [2.75, 3.05) is 17.3 Å². The van der Waals surface area contributed by atoms with Gasteiger partial charge in [0, 0.05) is 11.9 Å². The molecule has 2 heterocycles. The number of nitrogens with zero attached hydrogens (tertiary/aromatic N) is 2. The van der Waals surface area contributed by atoms with Crippen LogP contribution in [0.25, 0.3) is 0 Å². The van der Waals surface area contributed by atoms with Gasteiger partial charge in [0.25, 0.3) is 5.91 Å². The number of benzene rings is 2. The molecule has 1 amide bonds. The number of aromatic nitrogens is 1. The molecule has 1 aliphatic heterocycles. The van der Waals surface area contributed by atoms with Crippen molar-refractivity contribution in [2.24, 2.45) is 0 Å². The number of amides is 1. The van der Waals surface area contributed by atoms with Crippen molar-refractivity contribution in [2.45, 2.75) is 6.17 Å². The molecule has 0 saturated carbocycles. The molecule has 1 atom stereocenters. The number of hydrogen-bond acceptors (Lipinski definition) is 4. The fourth-order valence-corrected chi connectivity index (χ4v) is 3.20.